The molecule has 3 N–H and O–H groups in total. The van der Waals surface area contributed by atoms with Gasteiger partial charge in [-0.25, -0.2) is 14.8 Å². The van der Waals surface area contributed by atoms with Crippen LogP contribution in [0.5, 0.6) is 0 Å². The fraction of sp³-hybridized carbons (Fsp3) is 0.256. The maximum Gasteiger partial charge on any atom is 0.298 e. The Morgan fingerprint density at radius 3 is 2.21 bits per heavy atom. The van der Waals surface area contributed by atoms with E-state index in [1.807, 2.05) is 70.1 Å². The molecule has 2 fully saturated rings. The van der Waals surface area contributed by atoms with Crippen molar-refractivity contribution in [2.75, 3.05) is 50.8 Å². The zero-order valence-electron chi connectivity index (χ0n) is 28.7. The van der Waals surface area contributed by atoms with E-state index < -0.39 is 16.1 Å². The van der Waals surface area contributed by atoms with Crippen molar-refractivity contribution < 1.29 is 22.7 Å². The number of nitrogens with zero attached hydrogens (tertiary/aromatic N) is 5. The van der Waals surface area contributed by atoms with Gasteiger partial charge < -0.3 is 14.5 Å². The van der Waals surface area contributed by atoms with Crippen molar-refractivity contribution in [2.24, 2.45) is 5.14 Å². The molecular weight excluding hydrogens is 679 g/mol. The van der Waals surface area contributed by atoms with E-state index in [1.54, 1.807) is 35.3 Å². The van der Waals surface area contributed by atoms with Crippen LogP contribution in [0.15, 0.2) is 116 Å². The van der Waals surface area contributed by atoms with Crippen molar-refractivity contribution in [1.29, 1.82) is 0 Å². The Labute approximate surface area is 303 Å². The van der Waals surface area contributed by atoms with Crippen LogP contribution in [0.4, 0.5) is 5.69 Å². The first kappa shape index (κ1) is 35.1. The number of benzene rings is 4. The lowest BCUT2D eigenvalue weighted by atomic mass is 9.99. The quantitative estimate of drug-likeness (QED) is 0.222. The number of carbonyl (C=O) groups is 2. The Balaban J connectivity index is 1.20. The first-order valence-electron chi connectivity index (χ1n) is 17.3. The standard InChI is InChI=1S/C39H41N7O5S/c40-52(49,50)42-38(47)32-16-14-29(15-17-32)24-35-27-43(26-30-8-3-1-4-9-30)18-19-45(35)39(48)36-37(31-10-5-2-6-11-31)46(28-41-36)34-13-7-12-33(25-34)44-20-22-51-23-21-44/h1-17,25,28,35H,18-24,26-27H2,(H,42,47)(H2,40,49,50)/t35-/m1/s1. The summed E-state index contributed by atoms with van der Waals surface area (Å²) in [5.74, 6) is -0.965. The summed E-state index contributed by atoms with van der Waals surface area (Å²) in [6, 6.07) is 34.9. The van der Waals surface area contributed by atoms with Crippen molar-refractivity contribution in [1.82, 2.24) is 24.1 Å². The number of morpholine rings is 1. The van der Waals surface area contributed by atoms with Crippen LogP contribution in [0.25, 0.3) is 16.9 Å². The van der Waals surface area contributed by atoms with Crippen LogP contribution in [0, 0.1) is 0 Å². The molecule has 1 aromatic heterocycles. The molecule has 3 heterocycles. The van der Waals surface area contributed by atoms with E-state index in [9.17, 15) is 18.0 Å². The number of hydrogen-bond acceptors (Lipinski definition) is 8. The van der Waals surface area contributed by atoms with Gasteiger partial charge in [0.15, 0.2) is 5.69 Å². The molecule has 5 aromatic rings. The Bertz CT molecular complexity index is 2120. The van der Waals surface area contributed by atoms with Crippen LogP contribution in [0.1, 0.15) is 32.0 Å². The van der Waals surface area contributed by atoms with E-state index in [0.29, 0.717) is 45.0 Å². The largest absolute Gasteiger partial charge is 0.378 e. The molecule has 2 amide bonds. The van der Waals surface area contributed by atoms with Gasteiger partial charge in [0.1, 0.15) is 6.33 Å². The fourth-order valence-electron chi connectivity index (χ4n) is 6.97. The fourth-order valence-corrected chi connectivity index (χ4v) is 7.35. The average Bonchev–Trinajstić information content (AvgIpc) is 3.61. The zero-order chi connectivity index (χ0) is 36.1. The summed E-state index contributed by atoms with van der Waals surface area (Å²) < 4.78 is 32.1. The maximum atomic E-state index is 14.8. The SMILES string of the molecule is NS(=O)(=O)NC(=O)c1ccc(C[C@@H]2CN(Cc3ccccc3)CCN2C(=O)c2ncn(-c3cccc(N4CCOCC4)c3)c2-c2ccccc2)cc1. The maximum absolute atomic E-state index is 14.8. The molecular formula is C39H41N7O5S. The summed E-state index contributed by atoms with van der Waals surface area (Å²) in [7, 11) is -4.19. The molecule has 0 spiro atoms. The normalized spacial score (nSPS) is 16.8. The smallest absolute Gasteiger partial charge is 0.298 e. The van der Waals surface area contributed by atoms with Gasteiger partial charge in [0, 0.05) is 67.8 Å². The van der Waals surface area contributed by atoms with Crippen molar-refractivity contribution >= 4 is 27.7 Å². The number of amides is 2. The molecule has 13 heteroatoms. The molecule has 1 atom stereocenters. The first-order valence-corrected chi connectivity index (χ1v) is 18.8. The van der Waals surface area contributed by atoms with Gasteiger partial charge in [0.05, 0.1) is 18.9 Å². The summed E-state index contributed by atoms with van der Waals surface area (Å²) in [6.07, 6.45) is 2.25. The van der Waals surface area contributed by atoms with Crippen molar-refractivity contribution in [3.8, 4) is 16.9 Å². The van der Waals surface area contributed by atoms with Crippen molar-refractivity contribution in [3.05, 3.63) is 138 Å². The minimum Gasteiger partial charge on any atom is -0.378 e. The van der Waals surface area contributed by atoms with Gasteiger partial charge in [0.2, 0.25) is 0 Å². The van der Waals surface area contributed by atoms with Crippen LogP contribution >= 0.6 is 0 Å². The molecule has 0 aliphatic carbocycles. The van der Waals surface area contributed by atoms with E-state index in [2.05, 4.69) is 34.1 Å². The number of carbonyl (C=O) groups excluding carboxylic acids is 2. The van der Waals surface area contributed by atoms with Crippen LogP contribution in [-0.2, 0) is 27.9 Å². The molecule has 2 aliphatic rings. The Morgan fingerprint density at radius 2 is 1.50 bits per heavy atom. The summed E-state index contributed by atoms with van der Waals surface area (Å²) in [5.41, 5.74) is 6.22. The van der Waals surface area contributed by atoms with Gasteiger partial charge in [-0.15, -0.1) is 0 Å². The molecule has 2 aliphatic heterocycles. The summed E-state index contributed by atoms with van der Waals surface area (Å²) in [4.78, 5) is 38.5. The molecule has 4 aromatic carbocycles. The van der Waals surface area contributed by atoms with Gasteiger partial charge in [-0.05, 0) is 47.9 Å². The highest BCUT2D eigenvalue weighted by Crippen LogP contribution is 2.31. The second kappa shape index (κ2) is 15.5. The molecule has 0 radical (unpaired) electrons. The molecule has 12 nitrogen and oxygen atoms in total. The molecule has 0 unspecified atom stereocenters. The number of aromatic nitrogens is 2. The molecule has 7 rings (SSSR count). The van der Waals surface area contributed by atoms with E-state index in [4.69, 9.17) is 14.9 Å². The third-order valence-electron chi connectivity index (χ3n) is 9.50. The molecule has 0 saturated carbocycles. The highest BCUT2D eigenvalue weighted by Gasteiger charge is 2.34. The minimum absolute atomic E-state index is 0.157. The lowest BCUT2D eigenvalue weighted by Crippen LogP contribution is -2.55. The molecule has 2 saturated heterocycles. The first-order chi connectivity index (χ1) is 25.2. The topological polar surface area (TPSA) is 143 Å². The number of ether oxygens (including phenoxy) is 1. The monoisotopic (exact) mass is 719 g/mol. The number of anilines is 1. The number of rotatable bonds is 10. The van der Waals surface area contributed by atoms with E-state index in [0.717, 1.165) is 47.8 Å². The summed E-state index contributed by atoms with van der Waals surface area (Å²) >= 11 is 0. The lowest BCUT2D eigenvalue weighted by Gasteiger charge is -2.41. The molecule has 52 heavy (non-hydrogen) atoms. The predicted octanol–water partition coefficient (Wildman–Crippen LogP) is 3.88. The Kier molecular flexibility index (Phi) is 10.5. The number of nitrogens with two attached hydrogens (primary N) is 1. The summed E-state index contributed by atoms with van der Waals surface area (Å²) in [6.45, 7) is 5.54. The van der Waals surface area contributed by atoms with Crippen LogP contribution in [-0.4, -0.2) is 91.6 Å². The highest BCUT2D eigenvalue weighted by molar-refractivity contribution is 7.87. The van der Waals surface area contributed by atoms with Crippen LogP contribution in [0.3, 0.4) is 0 Å². The number of hydrogen-bond donors (Lipinski definition) is 2. The second-order valence-electron chi connectivity index (χ2n) is 13.0. The van der Waals surface area contributed by atoms with Gasteiger partial charge in [-0.1, -0.05) is 78.9 Å². The Hall–Kier alpha value is -5.34. The van der Waals surface area contributed by atoms with Gasteiger partial charge in [0.25, 0.3) is 22.0 Å². The van der Waals surface area contributed by atoms with Gasteiger partial charge >= 0.3 is 0 Å². The minimum atomic E-state index is -4.19. The third kappa shape index (κ3) is 8.24. The molecule has 268 valence electrons. The van der Waals surface area contributed by atoms with E-state index in [1.165, 1.54) is 5.56 Å². The number of nitrogens with one attached hydrogen (secondary N) is 1. The average molecular weight is 720 g/mol. The van der Waals surface area contributed by atoms with E-state index >= 15 is 0 Å². The molecule has 0 bridgehead atoms. The van der Waals surface area contributed by atoms with Crippen LogP contribution in [0.2, 0.25) is 0 Å². The predicted molar refractivity (Wildman–Crippen MR) is 199 cm³/mol. The van der Waals surface area contributed by atoms with Gasteiger partial charge in [-0.2, -0.15) is 8.42 Å². The third-order valence-corrected chi connectivity index (χ3v) is 9.97. The number of imidazole rings is 1. The number of piperazine rings is 1. The highest BCUT2D eigenvalue weighted by atomic mass is 32.2. The lowest BCUT2D eigenvalue weighted by molar-refractivity contribution is 0.0434. The van der Waals surface area contributed by atoms with Gasteiger partial charge in [-0.3, -0.25) is 19.1 Å². The van der Waals surface area contributed by atoms with Crippen molar-refractivity contribution in [2.45, 2.75) is 19.0 Å². The van der Waals surface area contributed by atoms with E-state index in [-0.39, 0.29) is 17.5 Å². The summed E-state index contributed by atoms with van der Waals surface area (Å²) in [5, 5.41) is 4.99. The second-order valence-corrected chi connectivity index (χ2v) is 14.3. The van der Waals surface area contributed by atoms with Crippen LogP contribution < -0.4 is 14.8 Å². The van der Waals surface area contributed by atoms with Crippen molar-refractivity contribution in [3.63, 3.8) is 0 Å². The zero-order valence-corrected chi connectivity index (χ0v) is 29.5. The Morgan fingerprint density at radius 1 is 0.808 bits per heavy atom.